The van der Waals surface area contributed by atoms with E-state index in [4.69, 9.17) is 4.98 Å². The molecule has 0 N–H and O–H groups in total. The number of anilines is 3. The molecule has 11 aromatic rings. The van der Waals surface area contributed by atoms with E-state index in [0.29, 0.717) is 0 Å². The molecule has 0 radical (unpaired) electrons. The van der Waals surface area contributed by atoms with Crippen LogP contribution in [0.2, 0.25) is 0 Å². The van der Waals surface area contributed by atoms with Crippen LogP contribution in [0.5, 0.6) is 0 Å². The Balaban J connectivity index is 1.03. The third kappa shape index (κ3) is 6.90. The predicted molar refractivity (Wildman–Crippen MR) is 259 cm³/mol. The number of benzene rings is 10. The SMILES string of the molecule is c1ccc(-c2cc(-c3ccccc3)cc(-c3ccc4ccc5c(-c6cccc(-c7ccc(N(c8ccccc8)c8ccccc8)cc7)c6)nc6ccccc6c5c4c3)c2)cc1. The van der Waals surface area contributed by atoms with Crippen molar-refractivity contribution in [2.75, 3.05) is 4.90 Å². The molecule has 0 unspecified atom stereocenters. The van der Waals surface area contributed by atoms with Gasteiger partial charge >= 0.3 is 0 Å². The van der Waals surface area contributed by atoms with Crippen LogP contribution in [-0.4, -0.2) is 4.98 Å². The molecule has 0 bridgehead atoms. The van der Waals surface area contributed by atoms with E-state index >= 15 is 0 Å². The molecule has 0 saturated carbocycles. The number of fused-ring (bicyclic) bond motifs is 5. The maximum Gasteiger partial charge on any atom is 0.0788 e. The molecule has 0 aliphatic carbocycles. The zero-order chi connectivity index (χ0) is 40.5. The van der Waals surface area contributed by atoms with Crippen molar-refractivity contribution < 1.29 is 0 Å². The van der Waals surface area contributed by atoms with Crippen LogP contribution in [0.25, 0.3) is 88.2 Å². The highest BCUT2D eigenvalue weighted by Crippen LogP contribution is 2.41. The van der Waals surface area contributed by atoms with Crippen molar-refractivity contribution in [2.45, 2.75) is 0 Å². The lowest BCUT2D eigenvalue weighted by Crippen LogP contribution is -2.09. The summed E-state index contributed by atoms with van der Waals surface area (Å²) in [6.07, 6.45) is 0. The number of nitrogens with zero attached hydrogens (tertiary/aromatic N) is 2. The Morgan fingerprint density at radius 2 is 0.705 bits per heavy atom. The first kappa shape index (κ1) is 36.0. The van der Waals surface area contributed by atoms with Gasteiger partial charge in [-0.25, -0.2) is 4.98 Å². The number of rotatable bonds is 8. The van der Waals surface area contributed by atoms with Crippen molar-refractivity contribution in [3.05, 3.63) is 243 Å². The van der Waals surface area contributed by atoms with Gasteiger partial charge in [-0.2, -0.15) is 0 Å². The minimum Gasteiger partial charge on any atom is -0.311 e. The Bertz CT molecular complexity index is 3230. The first-order valence-electron chi connectivity index (χ1n) is 20.9. The zero-order valence-corrected chi connectivity index (χ0v) is 33.5. The van der Waals surface area contributed by atoms with Gasteiger partial charge in [0.2, 0.25) is 0 Å². The topological polar surface area (TPSA) is 16.1 Å². The van der Waals surface area contributed by atoms with E-state index in [1.165, 1.54) is 49.5 Å². The highest BCUT2D eigenvalue weighted by atomic mass is 15.1. The van der Waals surface area contributed by atoms with Crippen LogP contribution >= 0.6 is 0 Å². The molecule has 2 nitrogen and oxygen atoms in total. The highest BCUT2D eigenvalue weighted by molar-refractivity contribution is 6.23. The summed E-state index contributed by atoms with van der Waals surface area (Å²) in [6, 6.07) is 87.2. The van der Waals surface area contributed by atoms with E-state index in [1.807, 2.05) is 0 Å². The number of para-hydroxylation sites is 3. The first-order chi connectivity index (χ1) is 30.2. The monoisotopic (exact) mass is 776 g/mol. The minimum atomic E-state index is 0.983. The summed E-state index contributed by atoms with van der Waals surface area (Å²) in [5.41, 5.74) is 15.9. The van der Waals surface area contributed by atoms with Gasteiger partial charge in [-0.15, -0.1) is 0 Å². The van der Waals surface area contributed by atoms with Crippen LogP contribution in [0.15, 0.2) is 243 Å². The van der Waals surface area contributed by atoms with E-state index in [2.05, 4.69) is 248 Å². The summed E-state index contributed by atoms with van der Waals surface area (Å²) < 4.78 is 0. The van der Waals surface area contributed by atoms with Crippen molar-refractivity contribution in [3.63, 3.8) is 0 Å². The summed E-state index contributed by atoms with van der Waals surface area (Å²) in [7, 11) is 0. The second kappa shape index (κ2) is 15.6. The van der Waals surface area contributed by atoms with E-state index in [-0.39, 0.29) is 0 Å². The Labute approximate surface area is 356 Å². The maximum absolute atomic E-state index is 5.38. The van der Waals surface area contributed by atoms with Crippen LogP contribution in [0.1, 0.15) is 0 Å². The molecule has 61 heavy (non-hydrogen) atoms. The highest BCUT2D eigenvalue weighted by Gasteiger charge is 2.17. The first-order valence-corrected chi connectivity index (χ1v) is 20.9. The molecule has 11 rings (SSSR count). The fourth-order valence-electron chi connectivity index (χ4n) is 8.81. The lowest BCUT2D eigenvalue weighted by Gasteiger charge is -2.25. The molecule has 286 valence electrons. The van der Waals surface area contributed by atoms with E-state index in [0.717, 1.165) is 55.7 Å². The predicted octanol–water partition coefficient (Wildman–Crippen LogP) is 16.3. The molecule has 0 saturated heterocycles. The number of pyridine rings is 1. The lowest BCUT2D eigenvalue weighted by molar-refractivity contribution is 1.28. The van der Waals surface area contributed by atoms with Gasteiger partial charge in [0.1, 0.15) is 0 Å². The van der Waals surface area contributed by atoms with Gasteiger partial charge in [-0.1, -0.05) is 170 Å². The van der Waals surface area contributed by atoms with Crippen LogP contribution in [-0.2, 0) is 0 Å². The minimum absolute atomic E-state index is 0.983. The van der Waals surface area contributed by atoms with Gasteiger partial charge in [0.25, 0.3) is 0 Å². The largest absolute Gasteiger partial charge is 0.311 e. The van der Waals surface area contributed by atoms with Crippen LogP contribution in [0.4, 0.5) is 17.1 Å². The molecule has 2 heteroatoms. The quantitative estimate of drug-likeness (QED) is 0.143. The maximum atomic E-state index is 5.38. The van der Waals surface area contributed by atoms with E-state index in [9.17, 15) is 0 Å². The second-order valence-electron chi connectivity index (χ2n) is 15.6. The Hall–Kier alpha value is -8.07. The smallest absolute Gasteiger partial charge is 0.0788 e. The molecule has 0 amide bonds. The van der Waals surface area contributed by atoms with E-state index in [1.54, 1.807) is 0 Å². The second-order valence-corrected chi connectivity index (χ2v) is 15.6. The van der Waals surface area contributed by atoms with Crippen LogP contribution in [0.3, 0.4) is 0 Å². The van der Waals surface area contributed by atoms with Gasteiger partial charge in [-0.05, 0) is 128 Å². The molecule has 0 fully saturated rings. The standard InChI is InChI=1S/C59H40N2/c1-5-16-41(17-6-1)48-37-49(42-18-7-2-8-19-42)39-50(38-48)46-29-28-44-32-35-55-58(56(44)40-46)54-26-13-14-27-57(54)60-59(55)47-21-15-20-45(36-47)43-30-33-53(34-31-43)61(51-22-9-3-10-23-51)52-24-11-4-12-25-52/h1-40H. The molecule has 0 aliphatic heterocycles. The average molecular weight is 777 g/mol. The average Bonchev–Trinajstić information content (AvgIpc) is 3.35. The summed E-state index contributed by atoms with van der Waals surface area (Å²) in [5.74, 6) is 0. The fraction of sp³-hybridized carbons (Fsp3) is 0. The van der Waals surface area contributed by atoms with Gasteiger partial charge in [0.05, 0.1) is 11.2 Å². The summed E-state index contributed by atoms with van der Waals surface area (Å²) >= 11 is 0. The molecule has 0 spiro atoms. The Morgan fingerprint density at radius 3 is 1.34 bits per heavy atom. The van der Waals surface area contributed by atoms with Gasteiger partial charge in [-0.3, -0.25) is 0 Å². The fourth-order valence-corrected chi connectivity index (χ4v) is 8.81. The number of aromatic nitrogens is 1. The van der Waals surface area contributed by atoms with E-state index < -0.39 is 0 Å². The summed E-state index contributed by atoms with van der Waals surface area (Å²) in [4.78, 5) is 7.68. The Kier molecular flexibility index (Phi) is 9.22. The molecule has 0 atom stereocenters. The molecule has 1 heterocycles. The normalized spacial score (nSPS) is 11.3. The lowest BCUT2D eigenvalue weighted by atomic mass is 9.90. The number of hydrogen-bond donors (Lipinski definition) is 0. The van der Waals surface area contributed by atoms with Gasteiger partial charge in [0.15, 0.2) is 0 Å². The molecular formula is C59H40N2. The molecule has 1 aromatic heterocycles. The third-order valence-corrected chi connectivity index (χ3v) is 11.8. The van der Waals surface area contributed by atoms with Gasteiger partial charge < -0.3 is 4.90 Å². The molecular weight excluding hydrogens is 737 g/mol. The summed E-state index contributed by atoms with van der Waals surface area (Å²) in [6.45, 7) is 0. The summed E-state index contributed by atoms with van der Waals surface area (Å²) in [5, 5.41) is 5.93. The van der Waals surface area contributed by atoms with Crippen molar-refractivity contribution in [1.29, 1.82) is 0 Å². The van der Waals surface area contributed by atoms with Crippen molar-refractivity contribution in [1.82, 2.24) is 4.98 Å². The van der Waals surface area contributed by atoms with Crippen LogP contribution < -0.4 is 4.90 Å². The van der Waals surface area contributed by atoms with Gasteiger partial charge in [0, 0.05) is 38.8 Å². The zero-order valence-electron chi connectivity index (χ0n) is 33.5. The molecule has 0 aliphatic rings. The number of hydrogen-bond acceptors (Lipinski definition) is 2. The molecule has 10 aromatic carbocycles. The third-order valence-electron chi connectivity index (χ3n) is 11.8. The Morgan fingerprint density at radius 1 is 0.262 bits per heavy atom. The van der Waals surface area contributed by atoms with Crippen molar-refractivity contribution >= 4 is 49.5 Å². The van der Waals surface area contributed by atoms with Crippen LogP contribution in [0, 0.1) is 0 Å². The van der Waals surface area contributed by atoms with Crippen molar-refractivity contribution in [3.8, 4) is 55.8 Å². The van der Waals surface area contributed by atoms with Crippen molar-refractivity contribution in [2.24, 2.45) is 0 Å².